The summed E-state index contributed by atoms with van der Waals surface area (Å²) in [5.74, 6) is 1.56. The molecule has 20 nitrogen and oxygen atoms in total. The summed E-state index contributed by atoms with van der Waals surface area (Å²) in [5.41, 5.74) is 2.95. The second-order valence-corrected chi connectivity index (χ2v) is 47.4. The number of fused-ring (bicyclic) bond motifs is 24. The first kappa shape index (κ1) is 85.9. The Kier molecular flexibility index (Phi) is 20.6. The number of aliphatic hydroxyl groups is 4. The molecule has 121 heavy (non-hydrogen) atoms. The predicted molar refractivity (Wildman–Crippen MR) is 451 cm³/mol. The third-order valence-electron chi connectivity index (χ3n) is 41.3. The van der Waals surface area contributed by atoms with Crippen LogP contribution in [0.25, 0.3) is 0 Å². The van der Waals surface area contributed by atoms with Crippen LogP contribution < -0.4 is 0 Å². The van der Waals surface area contributed by atoms with Gasteiger partial charge in [-0.25, -0.2) is 0 Å². The summed E-state index contributed by atoms with van der Waals surface area (Å²) in [4.78, 5) is 0. The fraction of sp³-hybridized carbons (Fsp3) is 0.921. The zero-order valence-electron chi connectivity index (χ0n) is 76.4. The predicted octanol–water partition coefficient (Wildman–Crippen LogP) is 17.0. The third kappa shape index (κ3) is 12.2. The van der Waals surface area contributed by atoms with Crippen LogP contribution in [-0.4, -0.2) is 195 Å². The molecule has 20 heteroatoms. The number of unbranched alkanes of at least 4 members (excludes halogenated alkanes) is 1. The van der Waals surface area contributed by atoms with E-state index in [1.165, 1.54) is 22.3 Å². The van der Waals surface area contributed by atoms with Crippen molar-refractivity contribution in [2.24, 2.45) is 120 Å². The SMILES string of the molecule is CC(C)(C)[C@]1(O)C[C@@]2(C)[C@@H](CCC23OCCO3)[C@@H]2CC=C3CC4(CC[C@]3(C)[C@H]21)OCCO4.CCCC[C@]1(O)C[C@@]2(C)[C@@H](CCC23OCCO3)[C@@H]2CC=C3CC4(CC[C@]3(C)[C@H]21)OCCO4.C[C@]1(O)C[C@@]2(C)[C@@H](CCC23OCCO3)[C@@H]2CC=C3CC4(CC[C@]3(C)[C@H]21)OCCO4.C[C@]12CCC3(CC1=CC[C@@H]1[C@@H]2[C@@H](O)C[C@@]2(C)[C@H]1CCC21OCCO1)OCCO3. The van der Waals surface area contributed by atoms with E-state index in [9.17, 15) is 20.4 Å². The van der Waals surface area contributed by atoms with Crippen LogP contribution >= 0.6 is 0 Å². The van der Waals surface area contributed by atoms with E-state index < -0.39 is 63.1 Å². The number of ether oxygens (including phenoxy) is 16. The maximum Gasteiger partial charge on any atom is 0.174 e. The van der Waals surface area contributed by atoms with Gasteiger partial charge in [-0.05, 0) is 202 Å². The molecule has 24 rings (SSSR count). The van der Waals surface area contributed by atoms with Gasteiger partial charge in [-0.3, -0.25) is 0 Å². The highest BCUT2D eigenvalue weighted by Gasteiger charge is 2.78. The molecule has 20 fully saturated rings. The monoisotopic (exact) mass is 1690 g/mol. The van der Waals surface area contributed by atoms with Crippen LogP contribution in [0.15, 0.2) is 46.6 Å². The first-order chi connectivity index (χ1) is 57.4. The standard InChI is InChI=1S/2C27H42O5.C24H36O5.C23H34O5/c1-22(2,3)26(28)17-24(5)20(8-9-27(24)31-14-15-32-27)19-7-6-18-16-25(29-12-13-30-25)11-10-23(18,4)21(19)26;1-4-5-9-25(28)18-24(3)21(8-10-27(24)31-15-16-32-27)20-7-6-19-17-26(29-13-14-30-26)12-11-23(19,2)22(20)25;1-20-8-9-23(26-10-11-27-23)14-16(20)4-5-17-18-6-7-24(28-12-13-29-24)21(18,2)15-22(3,25)19(17)20;1-20-7-8-22(25-9-10-26-22)13-15(20)3-4-16-17-5-6-23(27-11-12-28-23)21(17,2)14-18(24)19(16)20/h6,19-21,28H,7-17H2,1-5H3;6,20-22,28H,4-5,7-18H2,1-3H3;4,17-19,25H,5-15H2,1-3H3;3,16-19,24H,4-14H2,1-2H3/t19-,20-,21-,23-,24-,26-;20-,21-,22-,23-,24-,25-;17-,18-,19-,20-,21-,22-;16-,17-,18-,19+,20-,21-/m0000/s1. The largest absolute Gasteiger partial charge is 0.393 e. The van der Waals surface area contributed by atoms with Gasteiger partial charge in [0.25, 0.3) is 0 Å². The number of rotatable bonds is 3. The van der Waals surface area contributed by atoms with Crippen molar-refractivity contribution >= 4 is 0 Å². The molecule has 8 saturated heterocycles. The van der Waals surface area contributed by atoms with E-state index in [-0.39, 0.29) is 72.6 Å². The van der Waals surface area contributed by atoms with Gasteiger partial charge in [0.1, 0.15) is 0 Å². The van der Waals surface area contributed by atoms with Crippen LogP contribution in [0.4, 0.5) is 0 Å². The molecule has 0 aromatic heterocycles. The van der Waals surface area contributed by atoms with E-state index in [1.54, 1.807) is 0 Å². The Labute approximate surface area is 722 Å². The van der Waals surface area contributed by atoms with E-state index >= 15 is 0 Å². The minimum absolute atomic E-state index is 0.0143. The van der Waals surface area contributed by atoms with Crippen LogP contribution in [0.2, 0.25) is 0 Å². The van der Waals surface area contributed by atoms with Crippen molar-refractivity contribution in [3.8, 4) is 0 Å². The lowest BCUT2D eigenvalue weighted by Crippen LogP contribution is -2.69. The summed E-state index contributed by atoms with van der Waals surface area (Å²) in [6.07, 6.45) is 39.7. The Balaban J connectivity index is 0.0000000997. The number of hydrogen-bond donors (Lipinski definition) is 4. The minimum Gasteiger partial charge on any atom is -0.393 e. The zero-order chi connectivity index (χ0) is 84.2. The molecule has 8 spiro atoms. The van der Waals surface area contributed by atoms with Gasteiger partial charge in [-0.2, -0.15) is 0 Å². The van der Waals surface area contributed by atoms with E-state index in [0.29, 0.717) is 159 Å². The van der Waals surface area contributed by atoms with Crippen molar-refractivity contribution in [2.45, 2.75) is 358 Å². The molecule has 16 aliphatic carbocycles. The summed E-state index contributed by atoms with van der Waals surface area (Å²) in [6.45, 7) is 41.2. The molecular formula is C101H154O20. The summed E-state index contributed by atoms with van der Waals surface area (Å²) < 4.78 is 99.1. The second-order valence-electron chi connectivity index (χ2n) is 47.4. The van der Waals surface area contributed by atoms with E-state index in [1.807, 2.05) is 0 Å². The van der Waals surface area contributed by atoms with Crippen molar-refractivity contribution in [1.29, 1.82) is 0 Å². The van der Waals surface area contributed by atoms with Gasteiger partial charge in [0, 0.05) is 111 Å². The van der Waals surface area contributed by atoms with Crippen LogP contribution in [0.5, 0.6) is 0 Å². The topological polar surface area (TPSA) is 229 Å². The van der Waals surface area contributed by atoms with Gasteiger partial charge in [0.05, 0.1) is 129 Å². The Morgan fingerprint density at radius 1 is 0.339 bits per heavy atom. The third-order valence-corrected chi connectivity index (χ3v) is 41.3. The van der Waals surface area contributed by atoms with Gasteiger partial charge in [0.2, 0.25) is 0 Å². The molecule has 24 atom stereocenters. The van der Waals surface area contributed by atoms with E-state index in [4.69, 9.17) is 75.8 Å². The summed E-state index contributed by atoms with van der Waals surface area (Å²) in [5, 5.41) is 48.9. The lowest BCUT2D eigenvalue weighted by Gasteiger charge is -2.67. The fourth-order valence-corrected chi connectivity index (χ4v) is 36.1. The highest BCUT2D eigenvalue weighted by Crippen LogP contribution is 2.78. The molecular weight excluding hydrogens is 1530 g/mol. The van der Waals surface area contributed by atoms with Crippen molar-refractivity contribution in [2.75, 3.05) is 106 Å². The molecule has 0 unspecified atom stereocenters. The van der Waals surface area contributed by atoms with Crippen LogP contribution in [-0.2, 0) is 75.8 Å². The maximum absolute atomic E-state index is 12.8. The smallest absolute Gasteiger partial charge is 0.174 e. The lowest BCUT2D eigenvalue weighted by atomic mass is 9.40. The average Bonchev–Trinajstić information content (AvgIpc) is 1.59. The average molecular weight is 1690 g/mol. The molecule has 24 aliphatic rings. The number of hydrogen-bond acceptors (Lipinski definition) is 20. The molecule has 8 aliphatic heterocycles. The van der Waals surface area contributed by atoms with Crippen LogP contribution in [0, 0.1) is 120 Å². The first-order valence-electron chi connectivity index (χ1n) is 49.3. The normalized spacial score (nSPS) is 50.1. The van der Waals surface area contributed by atoms with Crippen LogP contribution in [0.3, 0.4) is 0 Å². The maximum atomic E-state index is 12.8. The Bertz CT molecular complexity index is 4040. The lowest BCUT2D eigenvalue weighted by molar-refractivity contribution is -0.295. The summed E-state index contributed by atoms with van der Waals surface area (Å²) in [7, 11) is 0. The van der Waals surface area contributed by atoms with Gasteiger partial charge < -0.3 is 96.2 Å². The van der Waals surface area contributed by atoms with Gasteiger partial charge in [-0.15, -0.1) is 0 Å². The van der Waals surface area contributed by atoms with Crippen molar-refractivity contribution < 1.29 is 96.2 Å². The molecule has 0 bridgehead atoms. The van der Waals surface area contributed by atoms with Gasteiger partial charge >= 0.3 is 0 Å². The Morgan fingerprint density at radius 2 is 0.636 bits per heavy atom. The van der Waals surface area contributed by atoms with Crippen molar-refractivity contribution in [1.82, 2.24) is 0 Å². The first-order valence-corrected chi connectivity index (χ1v) is 49.3. The Hall–Kier alpha value is -1.84. The molecule has 0 aromatic carbocycles. The molecule has 0 aromatic rings. The van der Waals surface area contributed by atoms with E-state index in [2.05, 4.69) is 114 Å². The number of aliphatic hydroxyl groups excluding tert-OH is 1. The molecule has 0 amide bonds. The van der Waals surface area contributed by atoms with Crippen LogP contribution in [0.1, 0.15) is 289 Å². The minimum atomic E-state index is -0.800. The molecule has 12 saturated carbocycles. The second kappa shape index (κ2) is 29.1. The summed E-state index contributed by atoms with van der Waals surface area (Å²) in [6, 6.07) is 0. The quantitative estimate of drug-likeness (QED) is 0.193. The molecule has 678 valence electrons. The molecule has 8 heterocycles. The number of allylic oxidation sites excluding steroid dienone is 4. The highest BCUT2D eigenvalue weighted by atomic mass is 16.8. The van der Waals surface area contributed by atoms with E-state index in [0.717, 1.165) is 199 Å². The zero-order valence-corrected chi connectivity index (χ0v) is 76.4. The van der Waals surface area contributed by atoms with Crippen molar-refractivity contribution in [3.63, 3.8) is 0 Å². The highest BCUT2D eigenvalue weighted by molar-refractivity contribution is 5.36. The Morgan fingerprint density at radius 3 is 1.02 bits per heavy atom. The van der Waals surface area contributed by atoms with Gasteiger partial charge in [-0.1, -0.05) is 143 Å². The molecule has 4 N–H and O–H groups in total. The fourth-order valence-electron chi connectivity index (χ4n) is 36.1. The van der Waals surface area contributed by atoms with Gasteiger partial charge in [0.15, 0.2) is 46.3 Å². The summed E-state index contributed by atoms with van der Waals surface area (Å²) >= 11 is 0. The molecule has 0 radical (unpaired) electrons. The van der Waals surface area contributed by atoms with Crippen molar-refractivity contribution in [3.05, 3.63) is 46.6 Å².